The molecule has 17 heavy (non-hydrogen) atoms. The Labute approximate surface area is 98.9 Å². The van der Waals surface area contributed by atoms with E-state index in [9.17, 15) is 0 Å². The number of aromatic nitrogens is 3. The first kappa shape index (κ1) is 10.1. The fourth-order valence-electron chi connectivity index (χ4n) is 1.93. The Balaban J connectivity index is 2.36. The molecule has 3 rings (SSSR count). The molecule has 0 radical (unpaired) electrons. The maximum Gasteiger partial charge on any atom is 0.206 e. The minimum absolute atomic E-state index is 0.314. The van der Waals surface area contributed by atoms with Crippen molar-refractivity contribution in [1.82, 2.24) is 14.5 Å². The molecule has 0 aliphatic heterocycles. The molecule has 0 aliphatic carbocycles. The van der Waals surface area contributed by atoms with E-state index in [4.69, 9.17) is 4.42 Å². The molecule has 0 aliphatic rings. The second kappa shape index (κ2) is 3.73. The summed E-state index contributed by atoms with van der Waals surface area (Å²) in [7, 11) is 0. The Bertz CT molecular complexity index is 638. The van der Waals surface area contributed by atoms with Crippen molar-refractivity contribution in [1.29, 1.82) is 0 Å². The summed E-state index contributed by atoms with van der Waals surface area (Å²) in [5, 5.41) is 0. The first-order chi connectivity index (χ1) is 8.27. The summed E-state index contributed by atoms with van der Waals surface area (Å²) in [4.78, 5) is 8.99. The highest BCUT2D eigenvalue weighted by Crippen LogP contribution is 2.24. The third-order valence-corrected chi connectivity index (χ3v) is 2.68. The molecule has 0 spiro atoms. The highest BCUT2D eigenvalue weighted by Gasteiger charge is 2.16. The highest BCUT2D eigenvalue weighted by molar-refractivity contribution is 5.73. The van der Waals surface area contributed by atoms with E-state index in [1.54, 1.807) is 12.5 Å². The molecule has 0 amide bonds. The zero-order chi connectivity index (χ0) is 11.8. The first-order valence-corrected chi connectivity index (χ1v) is 5.64. The van der Waals surface area contributed by atoms with E-state index in [0.717, 1.165) is 22.9 Å². The summed E-state index contributed by atoms with van der Waals surface area (Å²) < 4.78 is 7.43. The fourth-order valence-corrected chi connectivity index (χ4v) is 1.93. The number of nitrogens with zero attached hydrogens (tertiary/aromatic N) is 3. The Morgan fingerprint density at radius 3 is 2.82 bits per heavy atom. The van der Waals surface area contributed by atoms with Gasteiger partial charge in [-0.05, 0) is 18.2 Å². The van der Waals surface area contributed by atoms with Gasteiger partial charge in [-0.2, -0.15) is 0 Å². The standard InChI is InChI=1S/C13H13N3O/c1-9(2)12-15-10-5-3-7-14-13(10)16(12)11-6-4-8-17-11/h3-9H,1-2H3. The molecule has 3 aromatic heterocycles. The van der Waals surface area contributed by atoms with Crippen LogP contribution in [0.25, 0.3) is 17.0 Å². The highest BCUT2D eigenvalue weighted by atomic mass is 16.3. The van der Waals surface area contributed by atoms with Crippen molar-refractivity contribution >= 4 is 11.2 Å². The van der Waals surface area contributed by atoms with E-state index in [0.29, 0.717) is 5.92 Å². The van der Waals surface area contributed by atoms with Crippen molar-refractivity contribution in [2.75, 3.05) is 0 Å². The van der Waals surface area contributed by atoms with Crippen LogP contribution in [-0.2, 0) is 0 Å². The summed E-state index contributed by atoms with van der Waals surface area (Å²) in [5.41, 5.74) is 1.73. The van der Waals surface area contributed by atoms with Gasteiger partial charge in [0.05, 0.1) is 6.26 Å². The second-order valence-corrected chi connectivity index (χ2v) is 4.26. The summed E-state index contributed by atoms with van der Waals surface area (Å²) in [6, 6.07) is 7.65. The average molecular weight is 227 g/mol. The lowest BCUT2D eigenvalue weighted by Crippen LogP contribution is -2.02. The van der Waals surface area contributed by atoms with Crippen LogP contribution < -0.4 is 0 Å². The molecule has 0 unspecified atom stereocenters. The maximum atomic E-state index is 5.46. The van der Waals surface area contributed by atoms with Gasteiger partial charge in [-0.1, -0.05) is 13.8 Å². The molecule has 0 fully saturated rings. The molecule has 86 valence electrons. The number of hydrogen-bond acceptors (Lipinski definition) is 3. The summed E-state index contributed by atoms with van der Waals surface area (Å²) >= 11 is 0. The van der Waals surface area contributed by atoms with Crippen LogP contribution >= 0.6 is 0 Å². The lowest BCUT2D eigenvalue weighted by Gasteiger charge is -2.07. The zero-order valence-electron chi connectivity index (χ0n) is 9.79. The van der Waals surface area contributed by atoms with E-state index in [2.05, 4.69) is 23.8 Å². The summed E-state index contributed by atoms with van der Waals surface area (Å²) in [6.45, 7) is 4.22. The van der Waals surface area contributed by atoms with Crippen molar-refractivity contribution < 1.29 is 4.42 Å². The molecule has 0 aromatic carbocycles. The van der Waals surface area contributed by atoms with E-state index in [1.165, 1.54) is 0 Å². The number of pyridine rings is 1. The summed E-state index contributed by atoms with van der Waals surface area (Å²) in [6.07, 6.45) is 3.43. The molecule has 0 N–H and O–H groups in total. The molecule has 0 saturated heterocycles. The molecular weight excluding hydrogens is 214 g/mol. The van der Waals surface area contributed by atoms with Crippen LogP contribution in [0.15, 0.2) is 41.1 Å². The number of fused-ring (bicyclic) bond motifs is 1. The van der Waals surface area contributed by atoms with Crippen LogP contribution in [0.3, 0.4) is 0 Å². The third-order valence-electron chi connectivity index (χ3n) is 2.68. The Morgan fingerprint density at radius 1 is 1.24 bits per heavy atom. The molecule has 0 bridgehead atoms. The van der Waals surface area contributed by atoms with E-state index in [1.807, 2.05) is 28.8 Å². The minimum Gasteiger partial charge on any atom is -0.448 e. The zero-order valence-corrected chi connectivity index (χ0v) is 9.79. The van der Waals surface area contributed by atoms with Gasteiger partial charge in [-0.25, -0.2) is 14.5 Å². The number of furan rings is 1. The van der Waals surface area contributed by atoms with Gasteiger partial charge >= 0.3 is 0 Å². The van der Waals surface area contributed by atoms with Gasteiger partial charge in [0.1, 0.15) is 11.3 Å². The van der Waals surface area contributed by atoms with Crippen molar-refractivity contribution in [3.05, 3.63) is 42.5 Å². The van der Waals surface area contributed by atoms with Gasteiger partial charge in [0.2, 0.25) is 5.88 Å². The SMILES string of the molecule is CC(C)c1nc2cccnc2n1-c1ccco1. The van der Waals surface area contributed by atoms with Crippen molar-refractivity contribution in [3.8, 4) is 5.88 Å². The topological polar surface area (TPSA) is 43.9 Å². The third kappa shape index (κ3) is 1.53. The van der Waals surface area contributed by atoms with Gasteiger partial charge in [0.25, 0.3) is 0 Å². The van der Waals surface area contributed by atoms with Gasteiger partial charge in [0.15, 0.2) is 5.65 Å². The Morgan fingerprint density at radius 2 is 2.12 bits per heavy atom. The Hall–Kier alpha value is -2.10. The number of hydrogen-bond donors (Lipinski definition) is 0. The van der Waals surface area contributed by atoms with Gasteiger partial charge in [-0.3, -0.25) is 0 Å². The van der Waals surface area contributed by atoms with Crippen LogP contribution in [-0.4, -0.2) is 14.5 Å². The molecular formula is C13H13N3O. The van der Waals surface area contributed by atoms with Gasteiger partial charge < -0.3 is 4.42 Å². The van der Waals surface area contributed by atoms with Crippen LogP contribution in [0.2, 0.25) is 0 Å². The number of imidazole rings is 1. The number of rotatable bonds is 2. The predicted octanol–water partition coefficient (Wildman–Crippen LogP) is 3.14. The normalized spacial score (nSPS) is 11.5. The molecule has 3 aromatic rings. The van der Waals surface area contributed by atoms with Crippen LogP contribution in [0, 0.1) is 0 Å². The van der Waals surface area contributed by atoms with Crippen LogP contribution in [0.1, 0.15) is 25.6 Å². The molecule has 4 nitrogen and oxygen atoms in total. The first-order valence-electron chi connectivity index (χ1n) is 5.64. The summed E-state index contributed by atoms with van der Waals surface area (Å²) in [5.74, 6) is 2.04. The monoisotopic (exact) mass is 227 g/mol. The average Bonchev–Trinajstić information content (AvgIpc) is 2.94. The second-order valence-electron chi connectivity index (χ2n) is 4.26. The lowest BCUT2D eigenvalue weighted by molar-refractivity contribution is 0.531. The molecule has 3 heterocycles. The minimum atomic E-state index is 0.314. The van der Waals surface area contributed by atoms with E-state index >= 15 is 0 Å². The van der Waals surface area contributed by atoms with Gasteiger partial charge in [0, 0.05) is 18.2 Å². The van der Waals surface area contributed by atoms with Crippen LogP contribution in [0.4, 0.5) is 0 Å². The molecule has 0 saturated carbocycles. The maximum absolute atomic E-state index is 5.46. The van der Waals surface area contributed by atoms with Crippen molar-refractivity contribution in [2.24, 2.45) is 0 Å². The Kier molecular flexibility index (Phi) is 2.21. The molecule has 4 heteroatoms. The van der Waals surface area contributed by atoms with Crippen molar-refractivity contribution in [2.45, 2.75) is 19.8 Å². The van der Waals surface area contributed by atoms with Gasteiger partial charge in [-0.15, -0.1) is 0 Å². The largest absolute Gasteiger partial charge is 0.448 e. The van der Waals surface area contributed by atoms with Crippen LogP contribution in [0.5, 0.6) is 0 Å². The van der Waals surface area contributed by atoms with E-state index < -0.39 is 0 Å². The van der Waals surface area contributed by atoms with E-state index in [-0.39, 0.29) is 0 Å². The smallest absolute Gasteiger partial charge is 0.206 e. The quantitative estimate of drug-likeness (QED) is 0.675. The molecule has 0 atom stereocenters. The lowest BCUT2D eigenvalue weighted by atomic mass is 10.2. The van der Waals surface area contributed by atoms with Crippen molar-refractivity contribution in [3.63, 3.8) is 0 Å². The predicted molar refractivity (Wildman–Crippen MR) is 65.2 cm³/mol. The fraction of sp³-hybridized carbons (Fsp3) is 0.231.